The highest BCUT2D eigenvalue weighted by Crippen LogP contribution is 2.33. The molecule has 1 aromatic carbocycles. The number of anilines is 1. The zero-order valence-corrected chi connectivity index (χ0v) is 26.3. The van der Waals surface area contributed by atoms with E-state index in [-0.39, 0.29) is 22.5 Å². The largest absolute Gasteiger partial charge is 0.323 e. The highest BCUT2D eigenvalue weighted by molar-refractivity contribution is 6.31. The Morgan fingerprint density at radius 2 is 1.85 bits per heavy atom. The maximum absolute atomic E-state index is 13.8. The van der Waals surface area contributed by atoms with E-state index in [2.05, 4.69) is 25.6 Å². The minimum atomic E-state index is -0.445. The number of hydrogen-bond acceptors (Lipinski definition) is 8. The van der Waals surface area contributed by atoms with Gasteiger partial charge >= 0.3 is 0 Å². The van der Waals surface area contributed by atoms with Crippen LogP contribution in [0.25, 0.3) is 34.0 Å². The predicted octanol–water partition coefficient (Wildman–Crippen LogP) is 5.13. The lowest BCUT2D eigenvalue weighted by Gasteiger charge is -2.22. The van der Waals surface area contributed by atoms with Crippen LogP contribution in [0.15, 0.2) is 78.6 Å². The number of carbonyl (C=O) groups excluding carboxylic acids is 1. The van der Waals surface area contributed by atoms with Crippen LogP contribution in [0, 0.1) is 5.92 Å². The molecule has 2 bridgehead atoms. The fourth-order valence-corrected chi connectivity index (χ4v) is 5.94. The standard InChI is InChI=1S/C31H27Cl2N11O2/c1-18-4-3-5-26(42-17-36-22(12-29(42)45)21-11-20(32)6-7-25(21)43-15-27(33)38-40-43)23-10-19(8-9-35-23)30-24(37-31(18)46)14-44(39-30)28-13-34-16-41(28)2/h6-18,26H,3-5H2,1-2H3,(H,37,46)/t18-,26+/m1/s1. The molecule has 0 unspecified atom stereocenters. The van der Waals surface area contributed by atoms with Crippen LogP contribution in [0.1, 0.15) is 37.9 Å². The van der Waals surface area contributed by atoms with Crippen LogP contribution in [0.4, 0.5) is 5.69 Å². The van der Waals surface area contributed by atoms with Crippen molar-refractivity contribution in [1.29, 1.82) is 0 Å². The number of benzene rings is 1. The van der Waals surface area contributed by atoms with Gasteiger partial charge in [-0.25, -0.2) is 19.3 Å². The number of amides is 1. The van der Waals surface area contributed by atoms with Crippen LogP contribution in [-0.2, 0) is 11.8 Å². The second kappa shape index (κ2) is 12.0. The molecule has 15 heteroatoms. The third kappa shape index (κ3) is 5.59. The maximum atomic E-state index is 13.8. The van der Waals surface area contributed by atoms with Crippen molar-refractivity contribution in [2.45, 2.75) is 32.2 Å². The topological polar surface area (TPSA) is 143 Å². The highest BCUT2D eigenvalue weighted by atomic mass is 35.5. The zero-order chi connectivity index (χ0) is 31.9. The van der Waals surface area contributed by atoms with Crippen molar-refractivity contribution < 1.29 is 4.79 Å². The van der Waals surface area contributed by atoms with Crippen molar-refractivity contribution >= 4 is 34.8 Å². The molecule has 1 aliphatic heterocycles. The van der Waals surface area contributed by atoms with Crippen molar-refractivity contribution in [3.05, 3.63) is 100 Å². The average molecular weight is 657 g/mol. The predicted molar refractivity (Wildman–Crippen MR) is 172 cm³/mol. The van der Waals surface area contributed by atoms with Crippen molar-refractivity contribution in [1.82, 2.24) is 48.9 Å². The quantitative estimate of drug-likeness (QED) is 0.275. The molecule has 6 heterocycles. The molecule has 0 saturated heterocycles. The third-order valence-corrected chi connectivity index (χ3v) is 8.48. The van der Waals surface area contributed by atoms with Gasteiger partial charge in [-0.05, 0) is 43.2 Å². The van der Waals surface area contributed by atoms with E-state index >= 15 is 0 Å². The van der Waals surface area contributed by atoms with Gasteiger partial charge in [0.2, 0.25) is 5.91 Å². The molecule has 7 rings (SSSR count). The molecular formula is C31H27Cl2N11O2. The zero-order valence-electron chi connectivity index (χ0n) is 24.7. The summed E-state index contributed by atoms with van der Waals surface area (Å²) in [6.45, 7) is 1.90. The fourth-order valence-electron chi connectivity index (χ4n) is 5.64. The van der Waals surface area contributed by atoms with Gasteiger partial charge in [-0.15, -0.1) is 5.10 Å². The van der Waals surface area contributed by atoms with E-state index in [9.17, 15) is 9.59 Å². The minimum absolute atomic E-state index is 0.105. The Balaban J connectivity index is 1.31. The average Bonchev–Trinajstić information content (AvgIpc) is 3.79. The van der Waals surface area contributed by atoms with Gasteiger partial charge in [-0.3, -0.25) is 19.1 Å². The molecule has 5 aromatic heterocycles. The molecule has 0 radical (unpaired) electrons. The maximum Gasteiger partial charge on any atom is 0.254 e. The second-order valence-electron chi connectivity index (χ2n) is 11.2. The lowest BCUT2D eigenvalue weighted by Crippen LogP contribution is -2.27. The van der Waals surface area contributed by atoms with Crippen LogP contribution in [0.5, 0.6) is 0 Å². The van der Waals surface area contributed by atoms with Gasteiger partial charge in [0.15, 0.2) is 11.0 Å². The Morgan fingerprint density at radius 3 is 2.61 bits per heavy atom. The van der Waals surface area contributed by atoms with Crippen molar-refractivity contribution in [2.75, 3.05) is 5.32 Å². The molecule has 13 nitrogen and oxygen atoms in total. The number of halogens is 2. The Labute approximate surface area is 272 Å². The molecule has 0 spiro atoms. The van der Waals surface area contributed by atoms with E-state index in [4.69, 9.17) is 33.3 Å². The molecule has 2 atom stereocenters. The van der Waals surface area contributed by atoms with Gasteiger partial charge in [-0.2, -0.15) is 5.10 Å². The summed E-state index contributed by atoms with van der Waals surface area (Å²) in [5.74, 6) is 0.355. The summed E-state index contributed by atoms with van der Waals surface area (Å²) in [6.07, 6.45) is 11.8. The molecule has 6 aromatic rings. The van der Waals surface area contributed by atoms with Gasteiger partial charge in [0.25, 0.3) is 5.56 Å². The summed E-state index contributed by atoms with van der Waals surface area (Å²) >= 11 is 12.4. The number of aromatic nitrogens is 10. The molecule has 0 aliphatic carbocycles. The van der Waals surface area contributed by atoms with Gasteiger partial charge in [0, 0.05) is 41.4 Å². The fraction of sp³-hybridized carbons (Fsp3) is 0.226. The summed E-state index contributed by atoms with van der Waals surface area (Å²) in [5, 5.41) is 16.5. The Kier molecular flexibility index (Phi) is 7.70. The first-order valence-electron chi connectivity index (χ1n) is 14.5. The molecule has 1 amide bonds. The highest BCUT2D eigenvalue weighted by Gasteiger charge is 2.25. The van der Waals surface area contributed by atoms with Crippen molar-refractivity contribution in [2.24, 2.45) is 13.0 Å². The summed E-state index contributed by atoms with van der Waals surface area (Å²) in [7, 11) is 1.87. The number of imidazole rings is 1. The van der Waals surface area contributed by atoms with E-state index in [1.807, 2.05) is 30.7 Å². The molecule has 1 aliphatic rings. The summed E-state index contributed by atoms with van der Waals surface area (Å²) in [6, 6.07) is 9.96. The summed E-state index contributed by atoms with van der Waals surface area (Å²) in [4.78, 5) is 40.6. The van der Waals surface area contributed by atoms with Crippen molar-refractivity contribution in [3.8, 4) is 34.0 Å². The lowest BCUT2D eigenvalue weighted by atomic mass is 9.97. The number of hydrogen-bond donors (Lipinski definition) is 1. The van der Waals surface area contributed by atoms with E-state index < -0.39 is 6.04 Å². The van der Waals surface area contributed by atoms with Gasteiger partial charge in [0.05, 0.1) is 60.0 Å². The SMILES string of the molecule is C[C@@H]1CCC[C@H](n2cnc(-c3cc(Cl)ccc3-n3cc(Cl)nn3)cc2=O)c2cc(ccn2)-c2nn(-c3cncn3C)cc2NC1=O. The first-order chi connectivity index (χ1) is 22.2. The molecular weight excluding hydrogens is 629 g/mol. The van der Waals surface area contributed by atoms with E-state index in [1.165, 1.54) is 17.1 Å². The Morgan fingerprint density at radius 1 is 0.978 bits per heavy atom. The Bertz CT molecular complexity index is 2150. The van der Waals surface area contributed by atoms with E-state index in [0.717, 1.165) is 11.4 Å². The normalized spacial score (nSPS) is 16.7. The van der Waals surface area contributed by atoms with Crippen molar-refractivity contribution in [3.63, 3.8) is 0 Å². The second-order valence-corrected chi connectivity index (χ2v) is 12.0. The van der Waals surface area contributed by atoms with Crippen LogP contribution in [0.2, 0.25) is 10.2 Å². The first-order valence-corrected chi connectivity index (χ1v) is 15.3. The van der Waals surface area contributed by atoms with Crippen LogP contribution in [0.3, 0.4) is 0 Å². The number of pyridine rings is 1. The van der Waals surface area contributed by atoms with E-state index in [1.54, 1.807) is 58.6 Å². The number of rotatable bonds is 4. The smallest absolute Gasteiger partial charge is 0.254 e. The van der Waals surface area contributed by atoms with Gasteiger partial charge < -0.3 is 9.88 Å². The molecule has 1 N–H and O–H groups in total. The minimum Gasteiger partial charge on any atom is -0.323 e. The van der Waals surface area contributed by atoms with Crippen LogP contribution < -0.4 is 10.9 Å². The number of aryl methyl sites for hydroxylation is 1. The lowest BCUT2D eigenvalue weighted by molar-refractivity contribution is -0.119. The molecule has 0 saturated carbocycles. The molecule has 46 heavy (non-hydrogen) atoms. The number of nitrogens with zero attached hydrogens (tertiary/aromatic N) is 10. The van der Waals surface area contributed by atoms with Crippen LogP contribution >= 0.6 is 23.2 Å². The van der Waals surface area contributed by atoms with E-state index in [0.29, 0.717) is 58.3 Å². The van der Waals surface area contributed by atoms with Gasteiger partial charge in [-0.1, -0.05) is 41.8 Å². The first kappa shape index (κ1) is 29.6. The third-order valence-electron chi connectivity index (χ3n) is 8.07. The Hall–Kier alpha value is -5.14. The summed E-state index contributed by atoms with van der Waals surface area (Å²) < 4.78 is 6.61. The number of carbonyl (C=O) groups is 1. The number of fused-ring (bicyclic) bond motifs is 4. The van der Waals surface area contributed by atoms with Gasteiger partial charge in [0.1, 0.15) is 5.69 Å². The number of nitrogens with one attached hydrogen (secondary N) is 1. The monoisotopic (exact) mass is 655 g/mol. The summed E-state index contributed by atoms with van der Waals surface area (Å²) in [5.41, 5.74) is 3.91. The molecule has 232 valence electrons. The van der Waals surface area contributed by atoms with Crippen LogP contribution in [-0.4, -0.2) is 54.8 Å². The molecule has 0 fully saturated rings.